The van der Waals surface area contributed by atoms with Crippen LogP contribution in [0, 0.1) is 0 Å². The Balaban J connectivity index is 3.09. The highest BCUT2D eigenvalue weighted by molar-refractivity contribution is 6.80. The van der Waals surface area contributed by atoms with E-state index >= 15 is 0 Å². The molecule has 16 heavy (non-hydrogen) atoms. The average molecular weight is 253 g/mol. The maximum absolute atomic E-state index is 2.41. The second-order valence-corrected chi connectivity index (χ2v) is 10.9. The normalized spacial score (nSPS) is 15.5. The summed E-state index contributed by atoms with van der Waals surface area (Å²) in [6.45, 7) is 4.82. The van der Waals surface area contributed by atoms with Crippen LogP contribution in [0.5, 0.6) is 0 Å². The third-order valence-corrected chi connectivity index (χ3v) is 9.73. The summed E-state index contributed by atoms with van der Waals surface area (Å²) < 4.78 is 4.82. The quantitative estimate of drug-likeness (QED) is 0.693. The minimum atomic E-state index is -0.929. The van der Waals surface area contributed by atoms with Crippen LogP contribution in [-0.2, 0) is 0 Å². The monoisotopic (exact) mass is 252 g/mol. The van der Waals surface area contributed by atoms with Gasteiger partial charge in [-0.1, -0.05) is 37.4 Å². The number of nitrogens with zero attached hydrogens (tertiary/aromatic N) is 2. The first-order valence-electron chi connectivity index (χ1n) is 5.86. The van der Waals surface area contributed by atoms with Crippen LogP contribution in [0.15, 0.2) is 24.3 Å². The van der Waals surface area contributed by atoms with Crippen molar-refractivity contribution in [2.75, 3.05) is 28.2 Å². The van der Waals surface area contributed by atoms with Gasteiger partial charge in [0.25, 0.3) is 0 Å². The topological polar surface area (TPSA) is 6.48 Å². The van der Waals surface area contributed by atoms with Crippen LogP contribution in [0.2, 0.25) is 13.1 Å². The van der Waals surface area contributed by atoms with E-state index in [2.05, 4.69) is 74.7 Å². The van der Waals surface area contributed by atoms with E-state index in [1.54, 1.807) is 10.4 Å². The molecule has 4 heteroatoms. The fraction of sp³-hybridized carbons (Fsp3) is 0.500. The molecule has 2 nitrogen and oxygen atoms in total. The van der Waals surface area contributed by atoms with Crippen molar-refractivity contribution < 1.29 is 0 Å². The van der Waals surface area contributed by atoms with Gasteiger partial charge < -0.3 is 9.13 Å². The van der Waals surface area contributed by atoms with Gasteiger partial charge in [-0.2, -0.15) is 0 Å². The molecular formula is C12H24N2Si2. The van der Waals surface area contributed by atoms with E-state index in [1.807, 2.05) is 0 Å². The van der Waals surface area contributed by atoms with Crippen LogP contribution in [0.3, 0.4) is 0 Å². The number of rotatable bonds is 4. The zero-order valence-electron chi connectivity index (χ0n) is 11.4. The predicted octanol–water partition coefficient (Wildman–Crippen LogP) is -0.0690. The Bertz CT molecular complexity index is 307. The summed E-state index contributed by atoms with van der Waals surface area (Å²) in [7, 11) is 6.96. The molecule has 0 N–H and O–H groups in total. The molecule has 1 rings (SSSR count). The highest BCUT2D eigenvalue weighted by atomic mass is 28.3. The zero-order valence-corrected chi connectivity index (χ0v) is 13.7. The van der Waals surface area contributed by atoms with Gasteiger partial charge in [0.15, 0.2) is 0 Å². The van der Waals surface area contributed by atoms with Crippen molar-refractivity contribution in [3.63, 3.8) is 0 Å². The molecule has 0 radical (unpaired) electrons. The van der Waals surface area contributed by atoms with Gasteiger partial charge in [0, 0.05) is 0 Å². The molecule has 2 atom stereocenters. The molecule has 90 valence electrons. The lowest BCUT2D eigenvalue weighted by Gasteiger charge is -2.26. The maximum atomic E-state index is 2.41. The van der Waals surface area contributed by atoms with E-state index in [-0.39, 0.29) is 0 Å². The Kier molecular flexibility index (Phi) is 4.92. The number of benzene rings is 1. The molecule has 2 unspecified atom stereocenters. The molecule has 0 aliphatic heterocycles. The van der Waals surface area contributed by atoms with E-state index < -0.39 is 17.9 Å². The first-order chi connectivity index (χ1) is 7.45. The van der Waals surface area contributed by atoms with E-state index in [0.29, 0.717) is 0 Å². The Morgan fingerprint density at radius 2 is 1.06 bits per heavy atom. The van der Waals surface area contributed by atoms with E-state index in [4.69, 9.17) is 0 Å². The van der Waals surface area contributed by atoms with Gasteiger partial charge >= 0.3 is 0 Å². The van der Waals surface area contributed by atoms with Gasteiger partial charge in [0.2, 0.25) is 0 Å². The predicted molar refractivity (Wildman–Crippen MR) is 79.1 cm³/mol. The largest absolute Gasteiger partial charge is 0.328 e. The van der Waals surface area contributed by atoms with Crippen molar-refractivity contribution in [1.82, 2.24) is 9.13 Å². The molecular weight excluding hydrogens is 228 g/mol. The summed E-state index contributed by atoms with van der Waals surface area (Å²) in [6.07, 6.45) is 0. The van der Waals surface area contributed by atoms with Crippen LogP contribution >= 0.6 is 0 Å². The van der Waals surface area contributed by atoms with Gasteiger partial charge in [-0.15, -0.1) is 0 Å². The van der Waals surface area contributed by atoms with Crippen LogP contribution in [0.4, 0.5) is 0 Å². The third-order valence-electron chi connectivity index (χ3n) is 3.45. The van der Waals surface area contributed by atoms with Crippen molar-refractivity contribution in [3.05, 3.63) is 24.3 Å². The highest BCUT2D eigenvalue weighted by Gasteiger charge is 2.19. The lowest BCUT2D eigenvalue weighted by atomic mass is 10.4. The molecule has 1 aromatic carbocycles. The molecule has 0 aromatic heterocycles. The molecule has 0 heterocycles. The smallest absolute Gasteiger partial charge is 0.140 e. The van der Waals surface area contributed by atoms with Crippen LogP contribution in [-0.4, -0.2) is 55.2 Å². The molecule has 0 saturated carbocycles. The Morgan fingerprint density at radius 3 is 1.31 bits per heavy atom. The van der Waals surface area contributed by atoms with Crippen LogP contribution in [0.25, 0.3) is 0 Å². The average Bonchev–Trinajstić information content (AvgIpc) is 2.26. The summed E-state index contributed by atoms with van der Waals surface area (Å²) in [4.78, 5) is 0. The van der Waals surface area contributed by atoms with Crippen LogP contribution < -0.4 is 10.4 Å². The Labute approximate surface area is 103 Å². The van der Waals surface area contributed by atoms with Gasteiger partial charge in [-0.3, -0.25) is 0 Å². The summed E-state index contributed by atoms with van der Waals surface area (Å²) in [5, 5.41) is 3.25. The number of hydrogen-bond acceptors (Lipinski definition) is 2. The standard InChI is InChI=1S/C12H24N2Si2/c1-13(2)15(5)11-9-7-8-10-12(11)16(6)14(3)4/h7-10,15-16H,1-6H3. The first-order valence-corrected chi connectivity index (χ1v) is 10.4. The summed E-state index contributed by atoms with van der Waals surface area (Å²) in [5.74, 6) is 0. The van der Waals surface area contributed by atoms with E-state index in [9.17, 15) is 0 Å². The SMILES string of the molecule is CN(C)[SiH](C)c1ccccc1[SiH](C)N(C)C. The van der Waals surface area contributed by atoms with Crippen molar-refractivity contribution in [2.24, 2.45) is 0 Å². The van der Waals surface area contributed by atoms with E-state index in [1.165, 1.54) is 0 Å². The Morgan fingerprint density at radius 1 is 0.750 bits per heavy atom. The van der Waals surface area contributed by atoms with Crippen molar-refractivity contribution in [1.29, 1.82) is 0 Å². The first kappa shape index (κ1) is 13.6. The minimum absolute atomic E-state index is 0.929. The fourth-order valence-corrected chi connectivity index (χ4v) is 6.32. The lowest BCUT2D eigenvalue weighted by Crippen LogP contribution is -2.56. The van der Waals surface area contributed by atoms with Gasteiger partial charge in [0.05, 0.1) is 0 Å². The zero-order chi connectivity index (χ0) is 12.3. The van der Waals surface area contributed by atoms with Gasteiger partial charge in [-0.25, -0.2) is 0 Å². The molecule has 0 aliphatic rings. The molecule has 0 bridgehead atoms. The van der Waals surface area contributed by atoms with Gasteiger partial charge in [-0.05, 0) is 38.6 Å². The molecule has 0 aliphatic carbocycles. The number of hydrogen-bond donors (Lipinski definition) is 0. The highest BCUT2D eigenvalue weighted by Crippen LogP contribution is 1.94. The molecule has 0 saturated heterocycles. The summed E-state index contributed by atoms with van der Waals surface area (Å²) in [5.41, 5.74) is 0. The second-order valence-electron chi connectivity index (χ2n) is 4.91. The molecule has 0 fully saturated rings. The van der Waals surface area contributed by atoms with Crippen molar-refractivity contribution in [3.8, 4) is 0 Å². The molecule has 0 spiro atoms. The van der Waals surface area contributed by atoms with Crippen LogP contribution in [0.1, 0.15) is 0 Å². The summed E-state index contributed by atoms with van der Waals surface area (Å²) >= 11 is 0. The molecule has 1 aromatic rings. The maximum Gasteiger partial charge on any atom is 0.140 e. The second kappa shape index (κ2) is 5.77. The van der Waals surface area contributed by atoms with E-state index in [0.717, 1.165) is 0 Å². The third kappa shape index (κ3) is 3.04. The van der Waals surface area contributed by atoms with Crippen molar-refractivity contribution in [2.45, 2.75) is 13.1 Å². The van der Waals surface area contributed by atoms with Gasteiger partial charge in [0.1, 0.15) is 17.9 Å². The summed E-state index contributed by atoms with van der Waals surface area (Å²) in [6, 6.07) is 9.03. The fourth-order valence-electron chi connectivity index (χ4n) is 1.83. The molecule has 0 amide bonds. The van der Waals surface area contributed by atoms with Crippen molar-refractivity contribution >= 4 is 28.3 Å². The Hall–Kier alpha value is -0.426. The lowest BCUT2D eigenvalue weighted by molar-refractivity contribution is 0.650. The minimum Gasteiger partial charge on any atom is -0.328 e.